The number of fused-ring (bicyclic) bond motifs is 1. The number of benzene rings is 1. The molecule has 0 saturated heterocycles. The number of unbranched alkanes of at least 4 members (excludes halogenated alkanes) is 4. The molecule has 0 fully saturated rings. The van der Waals surface area contributed by atoms with Gasteiger partial charge in [-0.25, -0.2) is 4.98 Å². The van der Waals surface area contributed by atoms with Crippen LogP contribution in [0.2, 0.25) is 10.3 Å². The van der Waals surface area contributed by atoms with E-state index in [0.717, 1.165) is 13.0 Å². The molecule has 26 heavy (non-hydrogen) atoms. The molecule has 1 aromatic heterocycles. The Hall–Kier alpha value is -0.970. The van der Waals surface area contributed by atoms with Crippen LogP contribution in [0.3, 0.4) is 0 Å². The third-order valence-electron chi connectivity index (χ3n) is 4.20. The summed E-state index contributed by atoms with van der Waals surface area (Å²) in [4.78, 5) is 8.63. The molecule has 0 spiro atoms. The zero-order valence-corrected chi connectivity index (χ0v) is 18.7. The van der Waals surface area contributed by atoms with Crippen LogP contribution in [-0.4, -0.2) is 16.5 Å². The standard InChI is InChI=1S/C17H25N.C3H2Cl2N2.BrH/c1-3-4-5-6-9-12-18-14-15(2)13-16-10-7-8-11-17(16)18;4-2-3(5)7-1-6-2;/h7-8,10-11,14H,3-6,9,12-13H2,1-2H3;1H,(H,6,7);1H. The molecule has 0 amide bonds. The maximum Gasteiger partial charge on any atom is 0.165 e. The van der Waals surface area contributed by atoms with Crippen molar-refractivity contribution >= 4 is 45.9 Å². The van der Waals surface area contributed by atoms with Crippen LogP contribution in [0.5, 0.6) is 0 Å². The zero-order valence-electron chi connectivity index (χ0n) is 15.5. The molecule has 1 aliphatic rings. The minimum Gasteiger partial charge on any atom is -0.348 e. The van der Waals surface area contributed by atoms with Gasteiger partial charge in [-0.2, -0.15) is 0 Å². The van der Waals surface area contributed by atoms with E-state index in [2.05, 4.69) is 59.2 Å². The summed E-state index contributed by atoms with van der Waals surface area (Å²) in [5, 5.41) is 0.711. The van der Waals surface area contributed by atoms with Gasteiger partial charge in [0.1, 0.15) is 5.15 Å². The molecule has 0 aliphatic carbocycles. The second-order valence-electron chi connectivity index (χ2n) is 6.40. The Morgan fingerprint density at radius 3 is 2.46 bits per heavy atom. The number of nitrogens with zero attached hydrogens (tertiary/aromatic N) is 2. The van der Waals surface area contributed by atoms with E-state index < -0.39 is 0 Å². The third kappa shape index (κ3) is 7.34. The number of aromatic amines is 1. The number of aromatic nitrogens is 2. The van der Waals surface area contributed by atoms with Crippen molar-refractivity contribution in [2.24, 2.45) is 0 Å². The quantitative estimate of drug-likeness (QED) is 0.461. The predicted molar refractivity (Wildman–Crippen MR) is 119 cm³/mol. The highest BCUT2D eigenvalue weighted by atomic mass is 79.9. The summed E-state index contributed by atoms with van der Waals surface area (Å²) in [7, 11) is 0. The van der Waals surface area contributed by atoms with Gasteiger partial charge in [-0.1, -0.05) is 79.6 Å². The highest BCUT2D eigenvalue weighted by molar-refractivity contribution is 8.93. The molecule has 2 aromatic rings. The fourth-order valence-corrected chi connectivity index (χ4v) is 3.16. The lowest BCUT2D eigenvalue weighted by atomic mass is 10.0. The van der Waals surface area contributed by atoms with E-state index in [-0.39, 0.29) is 17.0 Å². The Balaban J connectivity index is 0.000000357. The lowest BCUT2D eigenvalue weighted by Crippen LogP contribution is -2.22. The molecule has 3 rings (SSSR count). The molecule has 2 heterocycles. The molecule has 6 heteroatoms. The molecular formula is C20H28BrCl2N3. The number of imidazole rings is 1. The van der Waals surface area contributed by atoms with Gasteiger partial charge in [0.05, 0.1) is 6.33 Å². The van der Waals surface area contributed by atoms with Gasteiger partial charge in [0.25, 0.3) is 0 Å². The molecule has 144 valence electrons. The zero-order chi connectivity index (χ0) is 18.1. The van der Waals surface area contributed by atoms with Crippen LogP contribution in [0.1, 0.15) is 51.5 Å². The Morgan fingerprint density at radius 1 is 1.12 bits per heavy atom. The van der Waals surface area contributed by atoms with Crippen LogP contribution in [0, 0.1) is 0 Å². The largest absolute Gasteiger partial charge is 0.348 e. The van der Waals surface area contributed by atoms with Crippen LogP contribution < -0.4 is 4.90 Å². The molecule has 1 N–H and O–H groups in total. The van der Waals surface area contributed by atoms with Gasteiger partial charge < -0.3 is 9.88 Å². The molecule has 1 aromatic carbocycles. The number of allylic oxidation sites excluding steroid dienone is 1. The van der Waals surface area contributed by atoms with Crippen molar-refractivity contribution < 1.29 is 0 Å². The monoisotopic (exact) mass is 459 g/mol. The first-order valence-electron chi connectivity index (χ1n) is 8.98. The minimum absolute atomic E-state index is 0. The Kier molecular flexibility index (Phi) is 11.0. The van der Waals surface area contributed by atoms with Crippen LogP contribution in [0.15, 0.2) is 42.4 Å². The Labute approximate surface area is 177 Å². The fraction of sp³-hybridized carbons (Fsp3) is 0.450. The van der Waals surface area contributed by atoms with Crippen molar-refractivity contribution in [3.8, 4) is 0 Å². The first kappa shape index (κ1) is 23.1. The van der Waals surface area contributed by atoms with Crippen molar-refractivity contribution in [2.45, 2.75) is 52.4 Å². The fourth-order valence-electron chi connectivity index (χ4n) is 2.95. The van der Waals surface area contributed by atoms with Gasteiger partial charge in [0, 0.05) is 18.4 Å². The van der Waals surface area contributed by atoms with E-state index in [1.54, 1.807) is 0 Å². The number of H-pyrrole nitrogens is 1. The summed E-state index contributed by atoms with van der Waals surface area (Å²) in [5.74, 6) is 0. The highest BCUT2D eigenvalue weighted by Gasteiger charge is 2.14. The second-order valence-corrected chi connectivity index (χ2v) is 7.13. The molecule has 0 unspecified atom stereocenters. The van der Waals surface area contributed by atoms with E-state index in [4.69, 9.17) is 23.2 Å². The summed E-state index contributed by atoms with van der Waals surface area (Å²) in [6.07, 6.45) is 11.6. The number of para-hydroxylation sites is 1. The predicted octanol–water partition coefficient (Wildman–Crippen LogP) is 7.22. The van der Waals surface area contributed by atoms with Crippen molar-refractivity contribution in [3.05, 3.63) is 58.2 Å². The number of halogens is 3. The van der Waals surface area contributed by atoms with Crippen LogP contribution in [0.4, 0.5) is 5.69 Å². The van der Waals surface area contributed by atoms with Gasteiger partial charge in [0.15, 0.2) is 5.15 Å². The number of anilines is 1. The van der Waals surface area contributed by atoms with E-state index in [1.165, 1.54) is 55.3 Å². The summed E-state index contributed by atoms with van der Waals surface area (Å²) in [6.45, 7) is 5.67. The van der Waals surface area contributed by atoms with Crippen molar-refractivity contribution in [2.75, 3.05) is 11.4 Å². The number of nitrogens with one attached hydrogen (secondary N) is 1. The summed E-state index contributed by atoms with van der Waals surface area (Å²) >= 11 is 10.7. The molecular weight excluding hydrogens is 433 g/mol. The molecule has 0 radical (unpaired) electrons. The topological polar surface area (TPSA) is 31.9 Å². The van der Waals surface area contributed by atoms with E-state index in [9.17, 15) is 0 Å². The van der Waals surface area contributed by atoms with Gasteiger partial charge in [-0.05, 0) is 31.4 Å². The highest BCUT2D eigenvalue weighted by Crippen LogP contribution is 2.28. The molecule has 0 atom stereocenters. The lowest BCUT2D eigenvalue weighted by molar-refractivity contribution is 0.631. The summed E-state index contributed by atoms with van der Waals surface area (Å²) in [6, 6.07) is 8.81. The van der Waals surface area contributed by atoms with Gasteiger partial charge >= 0.3 is 0 Å². The molecule has 1 aliphatic heterocycles. The minimum atomic E-state index is 0. The van der Waals surface area contributed by atoms with Gasteiger partial charge in [-0.15, -0.1) is 17.0 Å². The maximum absolute atomic E-state index is 5.37. The van der Waals surface area contributed by atoms with Crippen molar-refractivity contribution in [1.29, 1.82) is 0 Å². The van der Waals surface area contributed by atoms with Crippen LogP contribution >= 0.6 is 40.2 Å². The Morgan fingerprint density at radius 2 is 1.85 bits per heavy atom. The normalized spacial score (nSPS) is 12.5. The molecule has 3 nitrogen and oxygen atoms in total. The van der Waals surface area contributed by atoms with E-state index in [0.29, 0.717) is 10.3 Å². The van der Waals surface area contributed by atoms with Gasteiger partial charge in [0.2, 0.25) is 0 Å². The average molecular weight is 461 g/mol. The third-order valence-corrected chi connectivity index (χ3v) is 4.87. The first-order chi connectivity index (χ1) is 12.1. The molecule has 0 bridgehead atoms. The van der Waals surface area contributed by atoms with Crippen molar-refractivity contribution in [1.82, 2.24) is 9.97 Å². The lowest BCUT2D eigenvalue weighted by Gasteiger charge is -2.28. The number of hydrogen-bond donors (Lipinski definition) is 1. The van der Waals surface area contributed by atoms with Crippen molar-refractivity contribution in [3.63, 3.8) is 0 Å². The first-order valence-corrected chi connectivity index (χ1v) is 9.73. The smallest absolute Gasteiger partial charge is 0.165 e. The average Bonchev–Trinajstić information content (AvgIpc) is 2.98. The Bertz CT molecular complexity index is 669. The van der Waals surface area contributed by atoms with Crippen LogP contribution in [-0.2, 0) is 6.42 Å². The van der Waals surface area contributed by atoms with Crippen LogP contribution in [0.25, 0.3) is 0 Å². The second kappa shape index (κ2) is 12.4. The van der Waals surface area contributed by atoms with E-state index >= 15 is 0 Å². The number of hydrogen-bond acceptors (Lipinski definition) is 2. The maximum atomic E-state index is 5.37. The van der Waals surface area contributed by atoms with Gasteiger partial charge in [-0.3, -0.25) is 0 Å². The summed E-state index contributed by atoms with van der Waals surface area (Å²) in [5.41, 5.74) is 4.37. The SMILES string of the molecule is Br.CCCCCCCN1C=C(C)Cc2ccccc21.Clc1nc[nH]c1Cl. The van der Waals surface area contributed by atoms with E-state index in [1.807, 2.05) is 0 Å². The molecule has 0 saturated carbocycles. The summed E-state index contributed by atoms with van der Waals surface area (Å²) < 4.78 is 0. The number of rotatable bonds is 6.